The minimum atomic E-state index is -1.15. The van der Waals surface area contributed by atoms with Gasteiger partial charge in [-0.1, -0.05) is 30.3 Å². The van der Waals surface area contributed by atoms with Gasteiger partial charge in [0.05, 0.1) is 6.61 Å². The second kappa shape index (κ2) is 9.27. The third-order valence-corrected chi connectivity index (χ3v) is 2.38. The van der Waals surface area contributed by atoms with E-state index in [4.69, 9.17) is 14.6 Å². The van der Waals surface area contributed by atoms with Crippen LogP contribution in [-0.2, 0) is 20.9 Å². The molecule has 7 heteroatoms. The maximum absolute atomic E-state index is 11.8. The molecule has 1 rings (SSSR count). The molecule has 1 atom stereocenters. The Morgan fingerprint density at radius 2 is 1.82 bits per heavy atom. The van der Waals surface area contributed by atoms with Crippen LogP contribution in [0.2, 0.25) is 0 Å². The van der Waals surface area contributed by atoms with E-state index < -0.39 is 30.3 Å². The fourth-order valence-corrected chi connectivity index (χ4v) is 1.46. The Kier molecular flexibility index (Phi) is 8.52. The van der Waals surface area contributed by atoms with Crippen LogP contribution in [0.5, 0.6) is 0 Å². The summed E-state index contributed by atoms with van der Waals surface area (Å²) in [5.41, 5.74) is 0.137. The van der Waals surface area contributed by atoms with Crippen LogP contribution in [0.1, 0.15) is 26.3 Å². The van der Waals surface area contributed by atoms with Gasteiger partial charge in [0.15, 0.2) is 6.04 Å². The van der Waals surface area contributed by atoms with Crippen molar-refractivity contribution in [2.24, 2.45) is 0 Å². The van der Waals surface area contributed by atoms with Crippen molar-refractivity contribution in [2.75, 3.05) is 6.61 Å². The average Bonchev–Trinajstić information content (AvgIpc) is 2.41. The second-order valence-corrected chi connectivity index (χ2v) is 5.47. The molecule has 0 saturated carbocycles. The number of ether oxygens (including phenoxy) is 2. The van der Waals surface area contributed by atoms with Gasteiger partial charge < -0.3 is 19.9 Å². The molecule has 0 spiro atoms. The van der Waals surface area contributed by atoms with E-state index in [1.54, 1.807) is 20.8 Å². The molecule has 0 aliphatic heterocycles. The molecule has 6 nitrogen and oxygen atoms in total. The Labute approximate surface area is 136 Å². The van der Waals surface area contributed by atoms with Crippen LogP contribution in [0.25, 0.3) is 0 Å². The van der Waals surface area contributed by atoms with Crippen molar-refractivity contribution < 1.29 is 24.2 Å². The quantitative estimate of drug-likeness (QED) is 0.806. The molecular formula is C15H22ClNO5. The SMILES string of the molecule is CC(C)(C)OC(=O)N[C@H](CO)C(=O)OCc1ccccc1.Cl. The molecule has 0 fully saturated rings. The zero-order valence-electron chi connectivity index (χ0n) is 12.9. The smallest absolute Gasteiger partial charge is 0.408 e. The topological polar surface area (TPSA) is 84.9 Å². The number of benzene rings is 1. The highest BCUT2D eigenvalue weighted by atomic mass is 35.5. The van der Waals surface area contributed by atoms with E-state index in [-0.39, 0.29) is 19.0 Å². The van der Waals surface area contributed by atoms with Gasteiger partial charge in [-0.2, -0.15) is 0 Å². The van der Waals surface area contributed by atoms with Gasteiger partial charge in [0.1, 0.15) is 12.2 Å². The highest BCUT2D eigenvalue weighted by molar-refractivity contribution is 5.85. The summed E-state index contributed by atoms with van der Waals surface area (Å²) in [6, 6.07) is 7.97. The van der Waals surface area contributed by atoms with E-state index in [0.717, 1.165) is 5.56 Å². The molecule has 0 aromatic heterocycles. The molecule has 1 aromatic carbocycles. The van der Waals surface area contributed by atoms with Crippen molar-refractivity contribution in [1.82, 2.24) is 5.32 Å². The summed E-state index contributed by atoms with van der Waals surface area (Å²) in [6.07, 6.45) is -0.779. The molecule has 0 saturated heterocycles. The lowest BCUT2D eigenvalue weighted by Gasteiger charge is -2.22. The van der Waals surface area contributed by atoms with E-state index in [9.17, 15) is 9.59 Å². The minimum absolute atomic E-state index is 0. The monoisotopic (exact) mass is 331 g/mol. The fourth-order valence-electron chi connectivity index (χ4n) is 1.46. The summed E-state index contributed by atoms with van der Waals surface area (Å²) in [6.45, 7) is 4.62. The van der Waals surface area contributed by atoms with Crippen LogP contribution in [0.15, 0.2) is 30.3 Å². The number of hydrogen-bond acceptors (Lipinski definition) is 5. The first-order chi connectivity index (χ1) is 9.81. The van der Waals surface area contributed by atoms with Crippen molar-refractivity contribution in [1.29, 1.82) is 0 Å². The number of rotatable bonds is 5. The normalized spacial score (nSPS) is 11.8. The molecule has 0 heterocycles. The van der Waals surface area contributed by atoms with Crippen molar-refractivity contribution in [3.8, 4) is 0 Å². The van der Waals surface area contributed by atoms with Crippen molar-refractivity contribution in [2.45, 2.75) is 39.0 Å². The first-order valence-corrected chi connectivity index (χ1v) is 6.63. The zero-order chi connectivity index (χ0) is 15.9. The van der Waals surface area contributed by atoms with Gasteiger partial charge in [-0.25, -0.2) is 9.59 Å². The van der Waals surface area contributed by atoms with Crippen LogP contribution in [0, 0.1) is 0 Å². The number of alkyl carbamates (subject to hydrolysis) is 1. The summed E-state index contributed by atoms with van der Waals surface area (Å²) in [4.78, 5) is 23.4. The van der Waals surface area contributed by atoms with Crippen LogP contribution in [0.3, 0.4) is 0 Å². The number of nitrogens with one attached hydrogen (secondary N) is 1. The first kappa shape index (κ1) is 20.2. The van der Waals surface area contributed by atoms with Crippen molar-refractivity contribution >= 4 is 24.5 Å². The molecule has 0 aliphatic rings. The first-order valence-electron chi connectivity index (χ1n) is 6.63. The molecule has 2 N–H and O–H groups in total. The minimum Gasteiger partial charge on any atom is -0.459 e. The Morgan fingerprint density at radius 1 is 1.23 bits per heavy atom. The fraction of sp³-hybridized carbons (Fsp3) is 0.467. The molecular weight excluding hydrogens is 310 g/mol. The number of halogens is 1. The van der Waals surface area contributed by atoms with E-state index in [2.05, 4.69) is 5.32 Å². The molecule has 0 bridgehead atoms. The van der Waals surface area contributed by atoms with Gasteiger partial charge in [0.2, 0.25) is 0 Å². The molecule has 1 amide bonds. The maximum Gasteiger partial charge on any atom is 0.408 e. The standard InChI is InChI=1S/C15H21NO5.ClH/c1-15(2,3)21-14(19)16-12(9-17)13(18)20-10-11-7-5-4-6-8-11;/h4-8,12,17H,9-10H2,1-3H3,(H,16,19);1H/t12-;/m1./s1. The lowest BCUT2D eigenvalue weighted by molar-refractivity contribution is -0.148. The number of hydrogen-bond donors (Lipinski definition) is 2. The van der Waals surface area contributed by atoms with Gasteiger partial charge in [-0.3, -0.25) is 0 Å². The third-order valence-electron chi connectivity index (χ3n) is 2.38. The van der Waals surface area contributed by atoms with Gasteiger partial charge >= 0.3 is 12.1 Å². The zero-order valence-corrected chi connectivity index (χ0v) is 13.7. The summed E-state index contributed by atoms with van der Waals surface area (Å²) in [5, 5.41) is 11.4. The number of carbonyl (C=O) groups is 2. The largest absolute Gasteiger partial charge is 0.459 e. The van der Waals surface area contributed by atoms with Crippen molar-refractivity contribution in [3.63, 3.8) is 0 Å². The number of aliphatic hydroxyl groups is 1. The van der Waals surface area contributed by atoms with E-state index in [1.165, 1.54) is 0 Å². The predicted molar refractivity (Wildman–Crippen MR) is 83.7 cm³/mol. The van der Waals surface area contributed by atoms with E-state index in [1.807, 2.05) is 30.3 Å². The molecule has 0 aliphatic carbocycles. The Hall–Kier alpha value is -1.79. The number of carbonyl (C=O) groups excluding carboxylic acids is 2. The number of amides is 1. The molecule has 22 heavy (non-hydrogen) atoms. The summed E-state index contributed by atoms with van der Waals surface area (Å²) < 4.78 is 10.1. The van der Waals surface area contributed by atoms with Gasteiger partial charge in [0, 0.05) is 0 Å². The van der Waals surface area contributed by atoms with E-state index >= 15 is 0 Å². The van der Waals surface area contributed by atoms with Crippen LogP contribution in [-0.4, -0.2) is 35.4 Å². The van der Waals surface area contributed by atoms with Gasteiger partial charge in [0.25, 0.3) is 0 Å². The maximum atomic E-state index is 11.8. The lowest BCUT2D eigenvalue weighted by atomic mass is 10.2. The Morgan fingerprint density at radius 3 is 2.32 bits per heavy atom. The molecule has 0 unspecified atom stereocenters. The van der Waals surface area contributed by atoms with Gasteiger partial charge in [-0.15, -0.1) is 12.4 Å². The molecule has 0 radical (unpaired) electrons. The highest BCUT2D eigenvalue weighted by Gasteiger charge is 2.24. The van der Waals surface area contributed by atoms with Crippen molar-refractivity contribution in [3.05, 3.63) is 35.9 Å². The third kappa shape index (κ3) is 7.85. The summed E-state index contributed by atoms with van der Waals surface area (Å²) >= 11 is 0. The van der Waals surface area contributed by atoms with Gasteiger partial charge in [-0.05, 0) is 26.3 Å². The Balaban J connectivity index is 0.00000441. The molecule has 1 aromatic rings. The van der Waals surface area contributed by atoms with E-state index in [0.29, 0.717) is 0 Å². The lowest BCUT2D eigenvalue weighted by Crippen LogP contribution is -2.46. The predicted octanol–water partition coefficient (Wildman–Crippen LogP) is 2.04. The Bertz CT molecular complexity index is 473. The molecule has 124 valence electrons. The highest BCUT2D eigenvalue weighted by Crippen LogP contribution is 2.07. The summed E-state index contributed by atoms with van der Waals surface area (Å²) in [5.74, 6) is -0.716. The second-order valence-electron chi connectivity index (χ2n) is 5.47. The van der Waals surface area contributed by atoms with Crippen LogP contribution < -0.4 is 5.32 Å². The van der Waals surface area contributed by atoms with Crippen LogP contribution in [0.4, 0.5) is 4.79 Å². The number of aliphatic hydroxyl groups excluding tert-OH is 1. The van der Waals surface area contributed by atoms with Crippen LogP contribution >= 0.6 is 12.4 Å². The number of esters is 1. The summed E-state index contributed by atoms with van der Waals surface area (Å²) in [7, 11) is 0. The average molecular weight is 332 g/mol.